The first kappa shape index (κ1) is 20.2. The molecule has 0 saturated carbocycles. The Kier molecular flexibility index (Phi) is 7.02. The first-order chi connectivity index (χ1) is 12.3. The molecule has 0 spiro atoms. The minimum atomic E-state index is -3.90. The zero-order valence-corrected chi connectivity index (χ0v) is 16.3. The molecule has 0 radical (unpaired) electrons. The fourth-order valence-corrected chi connectivity index (χ4v) is 3.89. The second-order valence-electron chi connectivity index (χ2n) is 5.96. The third-order valence-corrected chi connectivity index (χ3v) is 5.62. The molecule has 0 heterocycles. The summed E-state index contributed by atoms with van der Waals surface area (Å²) in [5.41, 5.74) is 0.337. The lowest BCUT2D eigenvalue weighted by atomic mass is 10.3. The van der Waals surface area contributed by atoms with Crippen LogP contribution < -0.4 is 9.62 Å². The Morgan fingerprint density at radius 2 is 1.77 bits per heavy atom. The van der Waals surface area contributed by atoms with Gasteiger partial charge in [-0.15, -0.1) is 0 Å². The highest BCUT2D eigenvalue weighted by Crippen LogP contribution is 2.25. The monoisotopic (exact) mass is 395 g/mol. The van der Waals surface area contributed by atoms with Crippen LogP contribution in [0.25, 0.3) is 0 Å². The molecule has 0 saturated heterocycles. The number of nitrogens with one attached hydrogen (secondary N) is 1. The summed E-state index contributed by atoms with van der Waals surface area (Å²) in [6.07, 6.45) is 0. The van der Waals surface area contributed by atoms with E-state index in [2.05, 4.69) is 5.32 Å². The molecule has 0 aliphatic rings. The lowest BCUT2D eigenvalue weighted by Crippen LogP contribution is -2.42. The predicted molar refractivity (Wildman–Crippen MR) is 104 cm³/mol. The van der Waals surface area contributed by atoms with Crippen LogP contribution in [0.3, 0.4) is 0 Å². The molecular formula is C18H22ClN3O3S. The maximum Gasteiger partial charge on any atom is 0.264 e. The summed E-state index contributed by atoms with van der Waals surface area (Å²) in [6.45, 7) is 0.764. The predicted octanol–water partition coefficient (Wildman–Crippen LogP) is 2.21. The number of amides is 1. The molecule has 2 aromatic rings. The smallest absolute Gasteiger partial charge is 0.264 e. The molecule has 2 aromatic carbocycles. The number of hydrogen-bond acceptors (Lipinski definition) is 4. The lowest BCUT2D eigenvalue weighted by Gasteiger charge is -2.24. The van der Waals surface area contributed by atoms with Gasteiger partial charge in [-0.25, -0.2) is 8.42 Å². The molecule has 1 N–H and O–H groups in total. The summed E-state index contributed by atoms with van der Waals surface area (Å²) < 4.78 is 27.2. The molecule has 0 aromatic heterocycles. The molecule has 8 heteroatoms. The molecular weight excluding hydrogens is 374 g/mol. The summed E-state index contributed by atoms with van der Waals surface area (Å²) in [6, 6.07) is 14.4. The van der Waals surface area contributed by atoms with Crippen LogP contribution >= 0.6 is 11.6 Å². The molecule has 0 atom stereocenters. The van der Waals surface area contributed by atoms with E-state index < -0.39 is 10.0 Å². The van der Waals surface area contributed by atoms with E-state index in [0.29, 0.717) is 23.8 Å². The number of carbonyl (C=O) groups is 1. The molecule has 0 aliphatic heterocycles. The Bertz CT molecular complexity index is 842. The van der Waals surface area contributed by atoms with Crippen LogP contribution in [-0.4, -0.2) is 53.0 Å². The molecule has 0 aliphatic carbocycles. The molecule has 2 rings (SSSR count). The lowest BCUT2D eigenvalue weighted by molar-refractivity contribution is -0.119. The molecule has 6 nitrogen and oxygen atoms in total. The summed E-state index contributed by atoms with van der Waals surface area (Å²) >= 11 is 6.01. The highest BCUT2D eigenvalue weighted by atomic mass is 35.5. The first-order valence-corrected chi connectivity index (χ1v) is 9.87. The second-order valence-corrected chi connectivity index (χ2v) is 8.26. The number of likely N-dealkylation sites (N-methyl/N-ethyl adjacent to an activating group) is 1. The van der Waals surface area contributed by atoms with Crippen molar-refractivity contribution < 1.29 is 13.2 Å². The van der Waals surface area contributed by atoms with Crippen molar-refractivity contribution in [1.82, 2.24) is 10.2 Å². The molecule has 1 amide bonds. The van der Waals surface area contributed by atoms with Gasteiger partial charge in [0, 0.05) is 18.1 Å². The van der Waals surface area contributed by atoms with Crippen LogP contribution in [-0.2, 0) is 14.8 Å². The van der Waals surface area contributed by atoms with Crippen molar-refractivity contribution in [3.63, 3.8) is 0 Å². The van der Waals surface area contributed by atoms with Gasteiger partial charge in [0.1, 0.15) is 6.54 Å². The van der Waals surface area contributed by atoms with Crippen molar-refractivity contribution in [2.75, 3.05) is 38.0 Å². The van der Waals surface area contributed by atoms with Crippen molar-refractivity contribution in [3.8, 4) is 0 Å². The molecule has 0 bridgehead atoms. The van der Waals surface area contributed by atoms with Gasteiger partial charge in [-0.2, -0.15) is 0 Å². The van der Waals surface area contributed by atoms with E-state index in [-0.39, 0.29) is 17.3 Å². The zero-order chi connectivity index (χ0) is 19.2. The summed E-state index contributed by atoms with van der Waals surface area (Å²) in [4.78, 5) is 14.3. The SMILES string of the molecule is CN(C)CCNC(=O)CN(c1cccc(Cl)c1)S(=O)(=O)c1ccccc1. The second kappa shape index (κ2) is 9.02. The minimum absolute atomic E-state index is 0.112. The number of nitrogens with zero attached hydrogens (tertiary/aromatic N) is 2. The van der Waals surface area contributed by atoms with E-state index in [9.17, 15) is 13.2 Å². The topological polar surface area (TPSA) is 69.7 Å². The van der Waals surface area contributed by atoms with Gasteiger partial charge in [0.2, 0.25) is 5.91 Å². The van der Waals surface area contributed by atoms with E-state index in [0.717, 1.165) is 4.31 Å². The van der Waals surface area contributed by atoms with Gasteiger partial charge in [0.05, 0.1) is 10.6 Å². The zero-order valence-electron chi connectivity index (χ0n) is 14.7. The van der Waals surface area contributed by atoms with E-state index in [1.54, 1.807) is 36.4 Å². The standard InChI is InChI=1S/C18H22ClN3O3S/c1-21(2)12-11-20-18(23)14-22(16-8-6-7-15(19)13-16)26(24,25)17-9-4-3-5-10-17/h3-10,13H,11-12,14H2,1-2H3,(H,20,23). The van der Waals surface area contributed by atoms with Gasteiger partial charge < -0.3 is 10.2 Å². The van der Waals surface area contributed by atoms with E-state index in [4.69, 9.17) is 11.6 Å². The van der Waals surface area contributed by atoms with Gasteiger partial charge in [-0.1, -0.05) is 35.9 Å². The fraction of sp³-hybridized carbons (Fsp3) is 0.278. The summed E-state index contributed by atoms with van der Waals surface area (Å²) in [7, 11) is -0.118. The van der Waals surface area contributed by atoms with Crippen molar-refractivity contribution >= 4 is 33.2 Å². The van der Waals surface area contributed by atoms with Gasteiger partial charge in [-0.05, 0) is 44.4 Å². The van der Waals surface area contributed by atoms with Crippen molar-refractivity contribution in [2.45, 2.75) is 4.90 Å². The van der Waals surface area contributed by atoms with Crippen LogP contribution in [0.1, 0.15) is 0 Å². The van der Waals surface area contributed by atoms with Gasteiger partial charge >= 0.3 is 0 Å². The van der Waals surface area contributed by atoms with Gasteiger partial charge in [-0.3, -0.25) is 9.10 Å². The van der Waals surface area contributed by atoms with Crippen LogP contribution in [0.2, 0.25) is 5.02 Å². The minimum Gasteiger partial charge on any atom is -0.353 e. The molecule has 26 heavy (non-hydrogen) atoms. The molecule has 140 valence electrons. The fourth-order valence-electron chi connectivity index (χ4n) is 2.27. The molecule has 0 fully saturated rings. The average Bonchev–Trinajstić information content (AvgIpc) is 2.60. The van der Waals surface area contributed by atoms with E-state index in [1.807, 2.05) is 19.0 Å². The van der Waals surface area contributed by atoms with Gasteiger partial charge in [0.25, 0.3) is 10.0 Å². The third-order valence-electron chi connectivity index (χ3n) is 3.60. The Morgan fingerprint density at radius 3 is 2.38 bits per heavy atom. The average molecular weight is 396 g/mol. The number of carbonyl (C=O) groups excluding carboxylic acids is 1. The first-order valence-electron chi connectivity index (χ1n) is 8.05. The van der Waals surface area contributed by atoms with E-state index >= 15 is 0 Å². The number of rotatable bonds is 8. The van der Waals surface area contributed by atoms with E-state index in [1.165, 1.54) is 18.2 Å². The van der Waals surface area contributed by atoms with Crippen molar-refractivity contribution in [2.24, 2.45) is 0 Å². The largest absolute Gasteiger partial charge is 0.353 e. The molecule has 0 unspecified atom stereocenters. The number of benzene rings is 2. The number of sulfonamides is 1. The maximum absolute atomic E-state index is 13.1. The quantitative estimate of drug-likeness (QED) is 0.744. The van der Waals surface area contributed by atoms with Crippen molar-refractivity contribution in [3.05, 3.63) is 59.6 Å². The normalized spacial score (nSPS) is 11.4. The van der Waals surface area contributed by atoms with Crippen LogP contribution in [0.15, 0.2) is 59.5 Å². The Balaban J connectivity index is 2.30. The Hall–Kier alpha value is -2.09. The third kappa shape index (κ3) is 5.45. The Morgan fingerprint density at radius 1 is 1.08 bits per heavy atom. The Labute approximate surface area is 159 Å². The summed E-state index contributed by atoms with van der Waals surface area (Å²) in [5.74, 6) is -0.383. The highest BCUT2D eigenvalue weighted by Gasteiger charge is 2.27. The van der Waals surface area contributed by atoms with Crippen LogP contribution in [0.5, 0.6) is 0 Å². The van der Waals surface area contributed by atoms with Crippen LogP contribution in [0, 0.1) is 0 Å². The number of anilines is 1. The van der Waals surface area contributed by atoms with Gasteiger partial charge in [0.15, 0.2) is 0 Å². The maximum atomic E-state index is 13.1. The highest BCUT2D eigenvalue weighted by molar-refractivity contribution is 7.92. The van der Waals surface area contributed by atoms with Crippen LogP contribution in [0.4, 0.5) is 5.69 Å². The number of hydrogen-bond donors (Lipinski definition) is 1. The van der Waals surface area contributed by atoms with Crippen molar-refractivity contribution in [1.29, 1.82) is 0 Å². The summed E-state index contributed by atoms with van der Waals surface area (Å²) in [5, 5.41) is 3.13. The number of halogens is 1.